The number of benzene rings is 2. The molecule has 6 nitrogen and oxygen atoms in total. The lowest BCUT2D eigenvalue weighted by atomic mass is 9.48. The number of amides is 1. The van der Waals surface area contributed by atoms with Gasteiger partial charge in [0.2, 0.25) is 5.91 Å². The molecule has 2 aromatic carbocycles. The highest BCUT2D eigenvalue weighted by Crippen LogP contribution is 2.65. The highest BCUT2D eigenvalue weighted by Gasteiger charge is 2.75. The lowest BCUT2D eigenvalue weighted by molar-refractivity contribution is -0.223. The standard InChI is InChI=1S/C35H39F3N2O4/c1-5-17-39-18-16-33-31-25-9-7-11-28(31)43-32(33)27(14-15-34(33,29(39)20-25)44-23(4)41)40(21-22(2)3)30(42)13-12-24-8-6-10-26(19-24)35(36,37)38/h5-13,19,22,27,29,32H,1,14-18,20-21H2,2-4H3/b13-12+/t27?,29-,32?,33+,34-/m1/s1. The third kappa shape index (κ3) is 4.75. The van der Waals surface area contributed by atoms with Gasteiger partial charge in [0.1, 0.15) is 17.5 Å². The molecule has 2 unspecified atom stereocenters. The zero-order valence-electron chi connectivity index (χ0n) is 25.4. The van der Waals surface area contributed by atoms with Crippen molar-refractivity contribution in [1.29, 1.82) is 0 Å². The first kappa shape index (κ1) is 30.4. The Morgan fingerprint density at radius 1 is 1.20 bits per heavy atom. The Morgan fingerprint density at radius 2 is 1.98 bits per heavy atom. The number of carbonyl (C=O) groups excluding carboxylic acids is 2. The maximum Gasteiger partial charge on any atom is 0.416 e. The quantitative estimate of drug-likeness (QED) is 0.204. The minimum absolute atomic E-state index is 0.0684. The van der Waals surface area contributed by atoms with Crippen LogP contribution in [0.25, 0.3) is 6.08 Å². The summed E-state index contributed by atoms with van der Waals surface area (Å²) in [5.74, 6) is 0.294. The number of esters is 1. The van der Waals surface area contributed by atoms with Gasteiger partial charge in [0.15, 0.2) is 0 Å². The van der Waals surface area contributed by atoms with E-state index in [1.165, 1.54) is 30.7 Å². The molecule has 2 heterocycles. The number of likely N-dealkylation sites (tertiary alicyclic amines) is 1. The number of rotatable bonds is 8. The molecule has 4 aliphatic rings. The summed E-state index contributed by atoms with van der Waals surface area (Å²) in [5, 5.41) is 0. The zero-order valence-corrected chi connectivity index (χ0v) is 25.4. The molecule has 44 heavy (non-hydrogen) atoms. The molecule has 1 saturated heterocycles. The van der Waals surface area contributed by atoms with Crippen molar-refractivity contribution < 1.29 is 32.2 Å². The molecule has 234 valence electrons. The van der Waals surface area contributed by atoms with Crippen LogP contribution in [0.15, 0.2) is 61.2 Å². The van der Waals surface area contributed by atoms with Crippen molar-refractivity contribution in [1.82, 2.24) is 9.80 Å². The Hall–Kier alpha value is -3.59. The maximum atomic E-state index is 14.0. The van der Waals surface area contributed by atoms with E-state index in [0.29, 0.717) is 37.9 Å². The predicted molar refractivity (Wildman–Crippen MR) is 161 cm³/mol. The lowest BCUT2D eigenvalue weighted by Crippen LogP contribution is -2.79. The molecule has 9 heteroatoms. The van der Waals surface area contributed by atoms with Crippen molar-refractivity contribution in [3.8, 4) is 5.75 Å². The van der Waals surface area contributed by atoms with Crippen LogP contribution in [-0.2, 0) is 32.3 Å². The van der Waals surface area contributed by atoms with Crippen molar-refractivity contribution in [3.05, 3.63) is 83.4 Å². The van der Waals surface area contributed by atoms with Gasteiger partial charge in [0, 0.05) is 38.2 Å². The molecule has 0 N–H and O–H groups in total. The fourth-order valence-corrected chi connectivity index (χ4v) is 8.58. The Balaban J connectivity index is 1.41. The summed E-state index contributed by atoms with van der Waals surface area (Å²) in [6.07, 6.45) is 2.31. The fourth-order valence-electron chi connectivity index (χ4n) is 8.58. The van der Waals surface area contributed by atoms with Crippen molar-refractivity contribution in [3.63, 3.8) is 0 Å². The third-order valence-corrected chi connectivity index (χ3v) is 9.97. The number of piperidine rings is 1. The number of alkyl halides is 3. The Kier molecular flexibility index (Phi) is 7.67. The Morgan fingerprint density at radius 3 is 2.68 bits per heavy atom. The molecule has 6 rings (SSSR count). The number of ether oxygens (including phenoxy) is 2. The average molecular weight is 609 g/mol. The van der Waals surface area contributed by atoms with Crippen molar-refractivity contribution in [2.24, 2.45) is 5.92 Å². The van der Waals surface area contributed by atoms with Crippen LogP contribution in [0.3, 0.4) is 0 Å². The molecule has 5 atom stereocenters. The first-order valence-electron chi connectivity index (χ1n) is 15.4. The topological polar surface area (TPSA) is 59.1 Å². The van der Waals surface area contributed by atoms with Crippen LogP contribution in [-0.4, -0.2) is 65.1 Å². The molecule has 1 amide bonds. The van der Waals surface area contributed by atoms with E-state index in [0.717, 1.165) is 36.4 Å². The van der Waals surface area contributed by atoms with Crippen LogP contribution in [0.4, 0.5) is 13.2 Å². The van der Waals surface area contributed by atoms with Gasteiger partial charge in [-0.3, -0.25) is 14.5 Å². The largest absolute Gasteiger partial charge is 0.487 e. The predicted octanol–water partition coefficient (Wildman–Crippen LogP) is 6.18. The molecule has 1 saturated carbocycles. The summed E-state index contributed by atoms with van der Waals surface area (Å²) in [7, 11) is 0. The summed E-state index contributed by atoms with van der Waals surface area (Å²) in [5.41, 5.74) is 0.338. The second-order valence-electron chi connectivity index (χ2n) is 13.0. The van der Waals surface area contributed by atoms with E-state index in [-0.39, 0.29) is 29.9 Å². The second kappa shape index (κ2) is 11.1. The third-order valence-electron chi connectivity index (χ3n) is 9.97. The molecular weight excluding hydrogens is 569 g/mol. The van der Waals surface area contributed by atoms with Crippen LogP contribution >= 0.6 is 0 Å². The van der Waals surface area contributed by atoms with Gasteiger partial charge in [-0.25, -0.2) is 0 Å². The first-order chi connectivity index (χ1) is 20.9. The summed E-state index contributed by atoms with van der Waals surface area (Å²) < 4.78 is 53.3. The number of carbonyl (C=O) groups is 2. The molecule has 0 radical (unpaired) electrons. The van der Waals surface area contributed by atoms with Gasteiger partial charge in [0.25, 0.3) is 0 Å². The van der Waals surface area contributed by atoms with E-state index in [4.69, 9.17) is 9.47 Å². The number of hydrogen-bond acceptors (Lipinski definition) is 5. The average Bonchev–Trinajstić information content (AvgIpc) is 3.30. The van der Waals surface area contributed by atoms with Gasteiger partial charge in [0.05, 0.1) is 23.1 Å². The van der Waals surface area contributed by atoms with Gasteiger partial charge < -0.3 is 14.4 Å². The van der Waals surface area contributed by atoms with E-state index in [1.54, 1.807) is 6.07 Å². The normalized spacial score (nSPS) is 28.8. The number of halogens is 3. The van der Waals surface area contributed by atoms with Gasteiger partial charge in [-0.05, 0) is 67.0 Å². The SMILES string of the molecule is C=CCN1CC[C@]23c4c5cccc4OC2C(N(CC(C)C)C(=O)/C=C/c2cccc(C(F)(F)F)c2)CC[C@@]3(OC(C)=O)[C@H]1C5. The molecule has 2 aliphatic heterocycles. The Bertz CT molecular complexity index is 1500. The van der Waals surface area contributed by atoms with Crippen LogP contribution in [0.2, 0.25) is 0 Å². The van der Waals surface area contributed by atoms with Crippen LogP contribution in [0, 0.1) is 5.92 Å². The van der Waals surface area contributed by atoms with E-state index >= 15 is 0 Å². The van der Waals surface area contributed by atoms with Crippen LogP contribution in [0.1, 0.15) is 62.3 Å². The van der Waals surface area contributed by atoms with Crippen molar-refractivity contribution in [2.75, 3.05) is 19.6 Å². The van der Waals surface area contributed by atoms with Crippen molar-refractivity contribution in [2.45, 2.75) is 81.8 Å². The molecule has 1 spiro atoms. The van der Waals surface area contributed by atoms with Gasteiger partial charge >= 0.3 is 12.1 Å². The maximum absolute atomic E-state index is 14.0. The second-order valence-corrected chi connectivity index (χ2v) is 13.0. The van der Waals surface area contributed by atoms with Crippen molar-refractivity contribution >= 4 is 18.0 Å². The first-order valence-corrected chi connectivity index (χ1v) is 15.4. The van der Waals surface area contributed by atoms with Gasteiger partial charge in [-0.2, -0.15) is 13.2 Å². The van der Waals surface area contributed by atoms with E-state index in [9.17, 15) is 22.8 Å². The molecule has 2 bridgehead atoms. The van der Waals surface area contributed by atoms with Crippen LogP contribution < -0.4 is 4.74 Å². The highest BCUT2D eigenvalue weighted by atomic mass is 19.4. The minimum atomic E-state index is -4.47. The highest BCUT2D eigenvalue weighted by molar-refractivity contribution is 5.92. The molecule has 0 aromatic heterocycles. The van der Waals surface area contributed by atoms with E-state index < -0.39 is 28.9 Å². The molecular formula is C35H39F3N2O4. The van der Waals surface area contributed by atoms with E-state index in [1.807, 2.05) is 37.0 Å². The van der Waals surface area contributed by atoms with E-state index in [2.05, 4.69) is 17.5 Å². The minimum Gasteiger partial charge on any atom is -0.487 e. The smallest absolute Gasteiger partial charge is 0.416 e. The fraction of sp³-hybridized carbons (Fsp3) is 0.486. The summed E-state index contributed by atoms with van der Waals surface area (Å²) >= 11 is 0. The van der Waals surface area contributed by atoms with Gasteiger partial charge in [-0.15, -0.1) is 6.58 Å². The number of nitrogens with zero attached hydrogens (tertiary/aromatic N) is 2. The summed E-state index contributed by atoms with van der Waals surface area (Å²) in [4.78, 5) is 31.0. The molecule has 2 fully saturated rings. The van der Waals surface area contributed by atoms with Gasteiger partial charge in [-0.1, -0.05) is 44.2 Å². The number of hydrogen-bond donors (Lipinski definition) is 0. The lowest BCUT2D eigenvalue weighted by Gasteiger charge is -2.65. The zero-order chi connectivity index (χ0) is 31.4. The molecule has 2 aromatic rings. The monoisotopic (exact) mass is 608 g/mol. The molecule has 2 aliphatic carbocycles. The summed E-state index contributed by atoms with van der Waals surface area (Å²) in [6, 6.07) is 10.7. The Labute approximate surface area is 256 Å². The summed E-state index contributed by atoms with van der Waals surface area (Å²) in [6.45, 7) is 11.4. The van der Waals surface area contributed by atoms with Crippen LogP contribution in [0.5, 0.6) is 5.75 Å².